The number of anilines is 1. The van der Waals surface area contributed by atoms with Gasteiger partial charge in [0.1, 0.15) is 5.76 Å². The van der Waals surface area contributed by atoms with E-state index in [2.05, 4.69) is 23.5 Å². The van der Waals surface area contributed by atoms with Crippen molar-refractivity contribution in [3.63, 3.8) is 0 Å². The second-order valence-electron chi connectivity index (χ2n) is 4.90. The predicted molar refractivity (Wildman–Crippen MR) is 82.5 cm³/mol. The van der Waals surface area contributed by atoms with Gasteiger partial charge in [-0.25, -0.2) is 0 Å². The molecule has 3 heteroatoms. The Morgan fingerprint density at radius 1 is 1.00 bits per heavy atom. The number of hydrogen-bond acceptors (Lipinski definition) is 3. The molecule has 0 fully saturated rings. The fraction of sp³-hybridized carbons (Fsp3) is 0.176. The molecule has 0 aliphatic carbocycles. The second-order valence-corrected chi connectivity index (χ2v) is 4.90. The first-order valence-electron chi connectivity index (χ1n) is 6.83. The normalized spacial score (nSPS) is 11.0. The molecule has 0 saturated carbocycles. The van der Waals surface area contributed by atoms with E-state index in [1.165, 1.54) is 10.8 Å². The summed E-state index contributed by atoms with van der Waals surface area (Å²) in [6.45, 7) is 1.65. The van der Waals surface area contributed by atoms with E-state index >= 15 is 0 Å². The lowest BCUT2D eigenvalue weighted by molar-refractivity contribution is 0.499. The lowest BCUT2D eigenvalue weighted by atomic mass is 10.1. The maximum Gasteiger partial charge on any atom is 0.105 e. The molecule has 0 spiro atoms. The van der Waals surface area contributed by atoms with Crippen LogP contribution < -0.4 is 11.1 Å². The molecule has 0 bridgehead atoms. The van der Waals surface area contributed by atoms with Crippen LogP contribution >= 0.6 is 0 Å². The molecular weight excluding hydrogens is 248 g/mol. The monoisotopic (exact) mass is 266 g/mol. The topological polar surface area (TPSA) is 51.2 Å². The second kappa shape index (κ2) is 5.80. The van der Waals surface area contributed by atoms with Gasteiger partial charge in [0.2, 0.25) is 0 Å². The van der Waals surface area contributed by atoms with Gasteiger partial charge >= 0.3 is 0 Å². The van der Waals surface area contributed by atoms with E-state index in [1.807, 2.05) is 30.3 Å². The summed E-state index contributed by atoms with van der Waals surface area (Å²) in [7, 11) is 0. The highest BCUT2D eigenvalue weighted by Gasteiger charge is 2.02. The molecule has 3 rings (SSSR count). The van der Waals surface area contributed by atoms with Gasteiger partial charge < -0.3 is 15.5 Å². The zero-order valence-corrected chi connectivity index (χ0v) is 11.3. The molecule has 20 heavy (non-hydrogen) atoms. The summed E-state index contributed by atoms with van der Waals surface area (Å²) in [6.07, 6.45) is 2.59. The van der Waals surface area contributed by atoms with Crippen molar-refractivity contribution in [1.29, 1.82) is 0 Å². The summed E-state index contributed by atoms with van der Waals surface area (Å²) in [5.41, 5.74) is 8.09. The minimum atomic E-state index is 0.775. The third-order valence-electron chi connectivity index (χ3n) is 3.45. The molecule has 2 aromatic carbocycles. The van der Waals surface area contributed by atoms with E-state index in [9.17, 15) is 0 Å². The zero-order chi connectivity index (χ0) is 13.8. The van der Waals surface area contributed by atoms with Crippen LogP contribution in [0.2, 0.25) is 0 Å². The summed E-state index contributed by atoms with van der Waals surface area (Å²) in [4.78, 5) is 0. The van der Waals surface area contributed by atoms with E-state index < -0.39 is 0 Å². The standard InChI is InChI=1S/C17H18N2O/c18-17-11-14-5-2-1-4-13(14)10-15(17)12-19-8-7-16-6-3-9-20-16/h1-6,9-11,19H,7-8,12,18H2. The maximum absolute atomic E-state index is 6.10. The molecule has 0 atom stereocenters. The molecule has 1 aromatic heterocycles. The highest BCUT2D eigenvalue weighted by molar-refractivity contribution is 5.86. The lowest BCUT2D eigenvalue weighted by Gasteiger charge is -2.09. The quantitative estimate of drug-likeness (QED) is 0.550. The Bertz CT molecular complexity index is 689. The minimum absolute atomic E-state index is 0.775. The summed E-state index contributed by atoms with van der Waals surface area (Å²) in [6, 6.07) is 16.4. The van der Waals surface area contributed by atoms with Crippen LogP contribution in [0.4, 0.5) is 5.69 Å². The van der Waals surface area contributed by atoms with Gasteiger partial charge in [-0.15, -0.1) is 0 Å². The fourth-order valence-electron chi connectivity index (χ4n) is 2.35. The van der Waals surface area contributed by atoms with Crippen LogP contribution in [0.5, 0.6) is 0 Å². The first-order chi connectivity index (χ1) is 9.83. The predicted octanol–water partition coefficient (Wildman–Crippen LogP) is 3.35. The van der Waals surface area contributed by atoms with Gasteiger partial charge in [0.05, 0.1) is 6.26 Å². The van der Waals surface area contributed by atoms with E-state index in [4.69, 9.17) is 10.2 Å². The molecule has 3 N–H and O–H groups in total. The van der Waals surface area contributed by atoms with Crippen molar-refractivity contribution in [2.75, 3.05) is 12.3 Å². The maximum atomic E-state index is 6.10. The summed E-state index contributed by atoms with van der Waals surface area (Å²) >= 11 is 0. The van der Waals surface area contributed by atoms with Crippen LogP contribution in [-0.2, 0) is 13.0 Å². The molecule has 1 heterocycles. The van der Waals surface area contributed by atoms with Gasteiger partial charge in [0, 0.05) is 25.2 Å². The average Bonchev–Trinajstić information content (AvgIpc) is 2.97. The molecule has 102 valence electrons. The van der Waals surface area contributed by atoms with Gasteiger partial charge in [0.15, 0.2) is 0 Å². The van der Waals surface area contributed by atoms with Gasteiger partial charge in [-0.2, -0.15) is 0 Å². The van der Waals surface area contributed by atoms with E-state index in [1.54, 1.807) is 6.26 Å². The molecule has 0 unspecified atom stereocenters. The Kier molecular flexibility index (Phi) is 3.70. The smallest absolute Gasteiger partial charge is 0.105 e. The molecule has 0 amide bonds. The number of nitrogens with one attached hydrogen (secondary N) is 1. The van der Waals surface area contributed by atoms with Crippen LogP contribution in [0.3, 0.4) is 0 Å². The minimum Gasteiger partial charge on any atom is -0.469 e. The number of nitrogens with two attached hydrogens (primary N) is 1. The van der Waals surface area contributed by atoms with Crippen molar-refractivity contribution < 1.29 is 4.42 Å². The fourth-order valence-corrected chi connectivity index (χ4v) is 2.35. The molecule has 0 radical (unpaired) electrons. The highest BCUT2D eigenvalue weighted by Crippen LogP contribution is 2.21. The summed E-state index contributed by atoms with van der Waals surface area (Å²) in [5, 5.41) is 5.82. The number of rotatable bonds is 5. The van der Waals surface area contributed by atoms with Crippen LogP contribution in [0, 0.1) is 0 Å². The van der Waals surface area contributed by atoms with E-state index in [0.29, 0.717) is 0 Å². The Morgan fingerprint density at radius 2 is 1.80 bits per heavy atom. The van der Waals surface area contributed by atoms with Crippen LogP contribution in [-0.4, -0.2) is 6.54 Å². The Balaban J connectivity index is 1.63. The van der Waals surface area contributed by atoms with Crippen LogP contribution in [0.25, 0.3) is 10.8 Å². The van der Waals surface area contributed by atoms with Crippen molar-refractivity contribution in [3.8, 4) is 0 Å². The number of fused-ring (bicyclic) bond motifs is 1. The molecule has 0 aliphatic heterocycles. The highest BCUT2D eigenvalue weighted by atomic mass is 16.3. The van der Waals surface area contributed by atoms with Crippen molar-refractivity contribution in [2.45, 2.75) is 13.0 Å². The van der Waals surface area contributed by atoms with Gasteiger partial charge in [-0.05, 0) is 40.6 Å². The third kappa shape index (κ3) is 2.83. The molecular formula is C17H18N2O. The Labute approximate surface area is 118 Å². The summed E-state index contributed by atoms with van der Waals surface area (Å²) in [5.74, 6) is 1.00. The number of hydrogen-bond donors (Lipinski definition) is 2. The average molecular weight is 266 g/mol. The molecule has 3 aromatic rings. The van der Waals surface area contributed by atoms with Gasteiger partial charge in [0.25, 0.3) is 0 Å². The third-order valence-corrected chi connectivity index (χ3v) is 3.45. The number of benzene rings is 2. The number of furan rings is 1. The Hall–Kier alpha value is -2.26. The SMILES string of the molecule is Nc1cc2ccccc2cc1CNCCc1ccco1. The van der Waals surface area contributed by atoms with Crippen molar-refractivity contribution in [3.05, 3.63) is 66.1 Å². The lowest BCUT2D eigenvalue weighted by Crippen LogP contribution is -2.17. The molecule has 0 saturated heterocycles. The van der Waals surface area contributed by atoms with E-state index in [0.717, 1.165) is 36.5 Å². The van der Waals surface area contributed by atoms with Crippen molar-refractivity contribution in [1.82, 2.24) is 5.32 Å². The van der Waals surface area contributed by atoms with Crippen molar-refractivity contribution in [2.24, 2.45) is 0 Å². The van der Waals surface area contributed by atoms with Gasteiger partial charge in [-0.1, -0.05) is 24.3 Å². The van der Waals surface area contributed by atoms with Crippen molar-refractivity contribution >= 4 is 16.5 Å². The van der Waals surface area contributed by atoms with Gasteiger partial charge in [-0.3, -0.25) is 0 Å². The van der Waals surface area contributed by atoms with E-state index in [-0.39, 0.29) is 0 Å². The zero-order valence-electron chi connectivity index (χ0n) is 11.3. The van der Waals surface area contributed by atoms with Crippen LogP contribution in [0.15, 0.2) is 59.2 Å². The molecule has 0 aliphatic rings. The summed E-state index contributed by atoms with van der Waals surface area (Å²) < 4.78 is 5.30. The Morgan fingerprint density at radius 3 is 2.55 bits per heavy atom. The number of nitrogen functional groups attached to an aromatic ring is 1. The largest absolute Gasteiger partial charge is 0.469 e. The van der Waals surface area contributed by atoms with Crippen LogP contribution in [0.1, 0.15) is 11.3 Å². The molecule has 3 nitrogen and oxygen atoms in total. The first-order valence-corrected chi connectivity index (χ1v) is 6.83. The first kappa shape index (κ1) is 12.8.